The van der Waals surface area contributed by atoms with Crippen LogP contribution in [0.2, 0.25) is 0 Å². The predicted molar refractivity (Wildman–Crippen MR) is 337 cm³/mol. The standard InChI is InChI=1S/C69H123NO13/c1-3-5-7-9-11-13-15-17-19-21-23-25-27-28-29-31-32-34-36-38-40-42-44-46-48-50-52-58(73)57(56-80-68-66(79)64(77)67(60(55-72)82-68)83-69-65(78)63(76)62(75)59(54-71)81-69)70-61(74)53-51-49-47-45-43-41-39-37-35-33-30-26-24-22-20-18-16-14-12-10-8-6-4-2/h16,18,22,24,30,33-34,36,42,44,50,52,57-60,62-69,71-73,75-79H,3-15,17,19-21,23,25-29,31-32,35,37-41,43,45-49,51,53-56H2,1-2H3,(H,70,74)/b18-16-,24-22-,33-30-,36-34+,44-42+,52-50+. The van der Waals surface area contributed by atoms with Crippen LogP contribution in [0.3, 0.4) is 0 Å². The molecule has 0 radical (unpaired) electrons. The van der Waals surface area contributed by atoms with Crippen molar-refractivity contribution in [3.63, 3.8) is 0 Å². The Balaban J connectivity index is 1.75. The topological polar surface area (TPSA) is 228 Å². The third-order valence-corrected chi connectivity index (χ3v) is 16.1. The van der Waals surface area contributed by atoms with Gasteiger partial charge in [0, 0.05) is 6.42 Å². The second-order valence-electron chi connectivity index (χ2n) is 23.6. The Bertz CT molecular complexity index is 1670. The number of amides is 1. The first kappa shape index (κ1) is 76.5. The van der Waals surface area contributed by atoms with Crippen molar-refractivity contribution in [1.82, 2.24) is 5.32 Å². The Morgan fingerprint density at radius 1 is 0.434 bits per heavy atom. The van der Waals surface area contributed by atoms with Crippen molar-refractivity contribution in [3.8, 4) is 0 Å². The normalized spacial score (nSPS) is 24.3. The molecular weight excluding hydrogens is 1050 g/mol. The van der Waals surface area contributed by atoms with Crippen molar-refractivity contribution in [2.24, 2.45) is 0 Å². The molecule has 0 aromatic carbocycles. The minimum Gasteiger partial charge on any atom is -0.394 e. The molecule has 2 fully saturated rings. The van der Waals surface area contributed by atoms with Gasteiger partial charge in [0.1, 0.15) is 48.8 Å². The maximum atomic E-state index is 13.3. The Kier molecular flexibility index (Phi) is 49.5. The summed E-state index contributed by atoms with van der Waals surface area (Å²) in [6, 6.07) is -0.947. The largest absolute Gasteiger partial charge is 0.394 e. The molecule has 14 nitrogen and oxygen atoms in total. The Morgan fingerprint density at radius 2 is 0.807 bits per heavy atom. The highest BCUT2D eigenvalue weighted by atomic mass is 16.7. The van der Waals surface area contributed by atoms with E-state index in [2.05, 4.69) is 79.9 Å². The fourth-order valence-corrected chi connectivity index (χ4v) is 10.7. The maximum Gasteiger partial charge on any atom is 0.220 e. The molecule has 0 aromatic heterocycles. The smallest absolute Gasteiger partial charge is 0.220 e. The van der Waals surface area contributed by atoms with Crippen LogP contribution in [-0.4, -0.2) is 140 Å². The minimum atomic E-state index is -1.80. The number of aliphatic hydroxyl groups is 8. The van der Waals surface area contributed by atoms with Gasteiger partial charge < -0.3 is 65.1 Å². The minimum absolute atomic E-state index is 0.259. The van der Waals surface area contributed by atoms with Crippen LogP contribution in [0.15, 0.2) is 72.9 Å². The summed E-state index contributed by atoms with van der Waals surface area (Å²) in [5.41, 5.74) is 0. The van der Waals surface area contributed by atoms with Gasteiger partial charge in [-0.3, -0.25) is 4.79 Å². The molecule has 12 atom stereocenters. The zero-order valence-electron chi connectivity index (χ0n) is 52.2. The average Bonchev–Trinajstić information content (AvgIpc) is 3.64. The summed E-state index contributed by atoms with van der Waals surface area (Å²) in [7, 11) is 0. The number of unbranched alkanes of at least 4 members (excludes halogenated alkanes) is 31. The van der Waals surface area contributed by atoms with Gasteiger partial charge in [0.25, 0.3) is 0 Å². The van der Waals surface area contributed by atoms with Crippen LogP contribution in [0, 0.1) is 0 Å². The lowest BCUT2D eigenvalue weighted by Gasteiger charge is -2.46. The summed E-state index contributed by atoms with van der Waals surface area (Å²) in [5, 5.41) is 87.3. The number of rotatable bonds is 54. The van der Waals surface area contributed by atoms with Gasteiger partial charge in [0.05, 0.1) is 32.0 Å². The Labute approximate surface area is 504 Å². The third-order valence-electron chi connectivity index (χ3n) is 16.1. The van der Waals surface area contributed by atoms with Gasteiger partial charge in [0.15, 0.2) is 12.6 Å². The molecule has 0 aromatic rings. The molecule has 2 aliphatic heterocycles. The molecule has 83 heavy (non-hydrogen) atoms. The first-order valence-electron chi connectivity index (χ1n) is 33.7. The van der Waals surface area contributed by atoms with Gasteiger partial charge in [0.2, 0.25) is 5.91 Å². The lowest BCUT2D eigenvalue weighted by Crippen LogP contribution is -2.65. The fraction of sp³-hybridized carbons (Fsp3) is 0.812. The molecule has 0 spiro atoms. The van der Waals surface area contributed by atoms with Crippen molar-refractivity contribution < 1.29 is 64.6 Å². The second-order valence-corrected chi connectivity index (χ2v) is 23.6. The molecule has 2 aliphatic rings. The average molecular weight is 1170 g/mol. The number of hydrogen-bond donors (Lipinski definition) is 9. The lowest BCUT2D eigenvalue weighted by molar-refractivity contribution is -0.359. The number of aliphatic hydroxyl groups excluding tert-OH is 8. The molecule has 0 saturated carbocycles. The van der Waals surface area contributed by atoms with E-state index in [9.17, 15) is 45.6 Å². The predicted octanol–water partition coefficient (Wildman–Crippen LogP) is 13.1. The van der Waals surface area contributed by atoms with Gasteiger partial charge >= 0.3 is 0 Å². The summed E-state index contributed by atoms with van der Waals surface area (Å²) >= 11 is 0. The molecule has 482 valence electrons. The van der Waals surface area contributed by atoms with Crippen LogP contribution in [0.4, 0.5) is 0 Å². The number of ether oxygens (including phenoxy) is 4. The quantitative estimate of drug-likeness (QED) is 0.0204. The summed E-state index contributed by atoms with van der Waals surface area (Å²) in [6.45, 7) is 2.78. The van der Waals surface area contributed by atoms with Gasteiger partial charge in [-0.1, -0.05) is 247 Å². The van der Waals surface area contributed by atoms with Crippen LogP contribution >= 0.6 is 0 Å². The number of carbonyl (C=O) groups is 1. The Hall–Kier alpha value is -2.57. The van der Waals surface area contributed by atoms with Gasteiger partial charge in [-0.25, -0.2) is 0 Å². The number of hydrogen-bond acceptors (Lipinski definition) is 13. The number of allylic oxidation sites excluding steroid dienone is 11. The molecule has 1 amide bonds. The zero-order valence-corrected chi connectivity index (χ0v) is 52.2. The van der Waals surface area contributed by atoms with Crippen LogP contribution in [0.25, 0.3) is 0 Å². The molecule has 12 unspecified atom stereocenters. The van der Waals surface area contributed by atoms with E-state index in [0.717, 1.165) is 70.6 Å². The lowest BCUT2D eigenvalue weighted by atomic mass is 9.97. The van der Waals surface area contributed by atoms with E-state index in [1.807, 2.05) is 6.08 Å². The van der Waals surface area contributed by atoms with Crippen molar-refractivity contribution in [1.29, 1.82) is 0 Å². The maximum absolute atomic E-state index is 13.3. The van der Waals surface area contributed by atoms with Crippen LogP contribution in [0.5, 0.6) is 0 Å². The SMILES string of the molecule is CCCCCCC/C=C\C/C=C\C/C=C\CCCCCCCCCCC(=O)NC(COC1OC(CO)C(OC2OC(CO)C(O)C(O)C2O)C(O)C1O)C(O)/C=C/CC/C=C/CC/C=C/CCCCCCCCCCCCCCCCCC. The van der Waals surface area contributed by atoms with E-state index >= 15 is 0 Å². The van der Waals surface area contributed by atoms with E-state index in [-0.39, 0.29) is 18.9 Å². The highest BCUT2D eigenvalue weighted by molar-refractivity contribution is 5.76. The monoisotopic (exact) mass is 1170 g/mol. The molecule has 14 heteroatoms. The number of nitrogens with one attached hydrogen (secondary N) is 1. The molecule has 2 heterocycles. The summed E-state index contributed by atoms with van der Waals surface area (Å²) in [6.07, 6.45) is 55.2. The van der Waals surface area contributed by atoms with E-state index in [4.69, 9.17) is 18.9 Å². The van der Waals surface area contributed by atoms with Gasteiger partial charge in [-0.15, -0.1) is 0 Å². The first-order chi connectivity index (χ1) is 40.6. The van der Waals surface area contributed by atoms with Crippen molar-refractivity contribution in [2.45, 2.75) is 338 Å². The molecule has 0 aliphatic carbocycles. The molecule has 0 bridgehead atoms. The molecule has 9 N–H and O–H groups in total. The second kappa shape index (κ2) is 53.7. The number of carbonyl (C=O) groups excluding carboxylic acids is 1. The molecule has 2 rings (SSSR count). The summed E-state index contributed by atoms with van der Waals surface area (Å²) in [4.78, 5) is 13.3. The summed E-state index contributed by atoms with van der Waals surface area (Å²) in [5.74, 6) is -0.261. The van der Waals surface area contributed by atoms with Crippen LogP contribution in [-0.2, 0) is 23.7 Å². The third kappa shape index (κ3) is 38.4. The van der Waals surface area contributed by atoms with Crippen LogP contribution in [0.1, 0.15) is 264 Å². The molecular formula is C69H123NO13. The van der Waals surface area contributed by atoms with Crippen molar-refractivity contribution in [3.05, 3.63) is 72.9 Å². The first-order valence-corrected chi connectivity index (χ1v) is 33.7. The van der Waals surface area contributed by atoms with E-state index in [1.54, 1.807) is 6.08 Å². The Morgan fingerprint density at radius 3 is 1.27 bits per heavy atom. The van der Waals surface area contributed by atoms with Gasteiger partial charge in [-0.2, -0.15) is 0 Å². The van der Waals surface area contributed by atoms with Crippen LogP contribution < -0.4 is 5.32 Å². The van der Waals surface area contributed by atoms with E-state index in [0.29, 0.717) is 12.8 Å². The zero-order chi connectivity index (χ0) is 60.2. The van der Waals surface area contributed by atoms with E-state index in [1.165, 1.54) is 161 Å². The summed E-state index contributed by atoms with van der Waals surface area (Å²) < 4.78 is 22.8. The fourth-order valence-electron chi connectivity index (χ4n) is 10.7. The highest BCUT2D eigenvalue weighted by Gasteiger charge is 2.51. The van der Waals surface area contributed by atoms with Crippen molar-refractivity contribution >= 4 is 5.91 Å². The van der Waals surface area contributed by atoms with Gasteiger partial charge in [-0.05, 0) is 83.5 Å². The molecule has 2 saturated heterocycles. The van der Waals surface area contributed by atoms with E-state index < -0.39 is 86.8 Å². The highest BCUT2D eigenvalue weighted by Crippen LogP contribution is 2.30. The van der Waals surface area contributed by atoms with Crippen molar-refractivity contribution in [2.75, 3.05) is 19.8 Å².